The Morgan fingerprint density at radius 1 is 1.47 bits per heavy atom. The summed E-state index contributed by atoms with van der Waals surface area (Å²) in [5, 5.41) is 3.70. The summed E-state index contributed by atoms with van der Waals surface area (Å²) in [6.07, 6.45) is 0. The predicted molar refractivity (Wildman–Crippen MR) is 69.7 cm³/mol. The first-order valence-corrected chi connectivity index (χ1v) is 5.96. The Kier molecular flexibility index (Phi) is 3.54. The lowest BCUT2D eigenvalue weighted by molar-refractivity contribution is 0.218. The second kappa shape index (κ2) is 4.94. The highest BCUT2D eigenvalue weighted by Crippen LogP contribution is 2.29. The monoisotopic (exact) mass is 253 g/mol. The molecule has 2 rings (SSSR count). The molecule has 5 heteroatoms. The highest BCUT2D eigenvalue weighted by molar-refractivity contribution is 6.33. The van der Waals surface area contributed by atoms with Crippen molar-refractivity contribution in [2.75, 3.05) is 32.1 Å². The van der Waals surface area contributed by atoms with Gasteiger partial charge in [0.2, 0.25) is 0 Å². The molecule has 1 atom stereocenters. The van der Waals surface area contributed by atoms with E-state index in [2.05, 4.69) is 5.32 Å². The molecule has 17 heavy (non-hydrogen) atoms. The van der Waals surface area contributed by atoms with Gasteiger partial charge in [0.05, 0.1) is 16.8 Å². The number of benzene rings is 1. The molecular weight excluding hydrogens is 238 g/mol. The largest absolute Gasteiger partial charge is 0.324 e. The Bertz CT molecular complexity index is 424. The maximum Gasteiger partial charge on any atom is 0.324 e. The Labute approximate surface area is 106 Å². The molecule has 0 aromatic heterocycles. The third-order valence-corrected chi connectivity index (χ3v) is 3.38. The summed E-state index contributed by atoms with van der Waals surface area (Å²) in [6.45, 7) is 1.45. The first-order chi connectivity index (χ1) is 8.15. The molecule has 0 aliphatic carbocycles. The molecule has 92 valence electrons. The van der Waals surface area contributed by atoms with Crippen molar-refractivity contribution in [2.45, 2.75) is 6.04 Å². The van der Waals surface area contributed by atoms with E-state index in [0.717, 1.165) is 12.2 Å². The SMILES string of the molecule is CNCC1CN(c2ccccc2Cl)C(=O)N1C. The minimum absolute atomic E-state index is 0.00153. The number of anilines is 1. The lowest BCUT2D eigenvalue weighted by atomic mass is 10.2. The maximum absolute atomic E-state index is 12.1. The van der Waals surface area contributed by atoms with Crippen LogP contribution in [0, 0.1) is 0 Å². The molecule has 1 heterocycles. The average molecular weight is 254 g/mol. The summed E-state index contributed by atoms with van der Waals surface area (Å²) in [4.78, 5) is 15.6. The molecule has 1 aliphatic rings. The molecule has 1 saturated heterocycles. The van der Waals surface area contributed by atoms with E-state index in [-0.39, 0.29) is 12.1 Å². The van der Waals surface area contributed by atoms with Gasteiger partial charge >= 0.3 is 6.03 Å². The van der Waals surface area contributed by atoms with Crippen LogP contribution in [-0.4, -0.2) is 44.2 Å². The Morgan fingerprint density at radius 3 is 2.82 bits per heavy atom. The number of hydrogen-bond donors (Lipinski definition) is 1. The van der Waals surface area contributed by atoms with Gasteiger partial charge in [0.25, 0.3) is 0 Å². The lowest BCUT2D eigenvalue weighted by Crippen LogP contribution is -2.37. The number of carbonyl (C=O) groups is 1. The third-order valence-electron chi connectivity index (χ3n) is 3.06. The summed E-state index contributed by atoms with van der Waals surface area (Å²) in [5.74, 6) is 0. The quantitative estimate of drug-likeness (QED) is 0.892. The van der Waals surface area contributed by atoms with Gasteiger partial charge in [-0.25, -0.2) is 4.79 Å². The van der Waals surface area contributed by atoms with Crippen LogP contribution in [0.4, 0.5) is 10.5 Å². The summed E-state index contributed by atoms with van der Waals surface area (Å²) in [6, 6.07) is 7.61. The van der Waals surface area contributed by atoms with Gasteiger partial charge in [0, 0.05) is 20.1 Å². The van der Waals surface area contributed by atoms with Crippen molar-refractivity contribution >= 4 is 23.3 Å². The number of likely N-dealkylation sites (N-methyl/N-ethyl adjacent to an activating group) is 2. The highest BCUT2D eigenvalue weighted by Gasteiger charge is 2.35. The standard InChI is InChI=1S/C12H16ClN3O/c1-14-7-9-8-16(12(17)15(9)2)11-6-4-3-5-10(11)13/h3-6,9,14H,7-8H2,1-2H3. The van der Waals surface area contributed by atoms with Crippen LogP contribution in [-0.2, 0) is 0 Å². The van der Waals surface area contributed by atoms with E-state index in [4.69, 9.17) is 11.6 Å². The van der Waals surface area contributed by atoms with Crippen LogP contribution in [0.15, 0.2) is 24.3 Å². The highest BCUT2D eigenvalue weighted by atomic mass is 35.5. The van der Waals surface area contributed by atoms with Gasteiger partial charge in [-0.15, -0.1) is 0 Å². The summed E-state index contributed by atoms with van der Waals surface area (Å²) in [5.41, 5.74) is 0.782. The fourth-order valence-electron chi connectivity index (χ4n) is 2.07. The van der Waals surface area contributed by atoms with E-state index in [1.165, 1.54) is 0 Å². The van der Waals surface area contributed by atoms with Crippen molar-refractivity contribution in [1.29, 1.82) is 0 Å². The first kappa shape index (κ1) is 12.2. The molecule has 0 spiro atoms. The topological polar surface area (TPSA) is 35.6 Å². The molecule has 1 N–H and O–H groups in total. The van der Waals surface area contributed by atoms with Crippen LogP contribution in [0.5, 0.6) is 0 Å². The lowest BCUT2D eigenvalue weighted by Gasteiger charge is -2.17. The minimum atomic E-state index is -0.00153. The molecule has 2 amide bonds. The van der Waals surface area contributed by atoms with Crippen molar-refractivity contribution < 1.29 is 4.79 Å². The van der Waals surface area contributed by atoms with Gasteiger partial charge in [-0.3, -0.25) is 4.90 Å². The molecule has 1 fully saturated rings. The number of amides is 2. The molecule has 1 aliphatic heterocycles. The normalized spacial score (nSPS) is 20.2. The zero-order valence-electron chi connectivity index (χ0n) is 9.98. The van der Waals surface area contributed by atoms with Crippen molar-refractivity contribution in [3.05, 3.63) is 29.3 Å². The second-order valence-corrected chi connectivity index (χ2v) is 4.57. The van der Waals surface area contributed by atoms with Crippen molar-refractivity contribution in [3.8, 4) is 0 Å². The molecule has 0 bridgehead atoms. The fourth-order valence-corrected chi connectivity index (χ4v) is 2.30. The van der Waals surface area contributed by atoms with Crippen LogP contribution in [0.2, 0.25) is 5.02 Å². The van der Waals surface area contributed by atoms with Gasteiger partial charge in [-0.05, 0) is 19.2 Å². The smallest absolute Gasteiger partial charge is 0.321 e. The van der Waals surface area contributed by atoms with Crippen LogP contribution in [0.1, 0.15) is 0 Å². The van der Waals surface area contributed by atoms with Crippen molar-refractivity contribution in [2.24, 2.45) is 0 Å². The number of nitrogens with zero attached hydrogens (tertiary/aromatic N) is 2. The number of hydrogen-bond acceptors (Lipinski definition) is 2. The zero-order chi connectivity index (χ0) is 12.4. The first-order valence-electron chi connectivity index (χ1n) is 5.58. The summed E-state index contributed by atoms with van der Waals surface area (Å²) in [7, 11) is 3.71. The van der Waals surface area contributed by atoms with Gasteiger partial charge in [0.1, 0.15) is 0 Å². The van der Waals surface area contributed by atoms with E-state index in [1.54, 1.807) is 15.9 Å². The predicted octanol–water partition coefficient (Wildman–Crippen LogP) is 1.80. The van der Waals surface area contributed by atoms with Gasteiger partial charge < -0.3 is 10.2 Å². The Balaban J connectivity index is 2.24. The summed E-state index contributed by atoms with van der Waals surface area (Å²) < 4.78 is 0. The van der Waals surface area contributed by atoms with Crippen molar-refractivity contribution in [3.63, 3.8) is 0 Å². The maximum atomic E-state index is 12.1. The Morgan fingerprint density at radius 2 is 2.18 bits per heavy atom. The zero-order valence-corrected chi connectivity index (χ0v) is 10.7. The van der Waals surface area contributed by atoms with E-state index < -0.39 is 0 Å². The van der Waals surface area contributed by atoms with Crippen LogP contribution in [0.25, 0.3) is 0 Å². The van der Waals surface area contributed by atoms with Crippen LogP contribution >= 0.6 is 11.6 Å². The molecule has 4 nitrogen and oxygen atoms in total. The second-order valence-electron chi connectivity index (χ2n) is 4.17. The fraction of sp³-hybridized carbons (Fsp3) is 0.417. The van der Waals surface area contributed by atoms with Crippen LogP contribution < -0.4 is 10.2 Å². The van der Waals surface area contributed by atoms with Crippen LogP contribution in [0.3, 0.4) is 0 Å². The number of urea groups is 1. The van der Waals surface area contributed by atoms with E-state index in [1.807, 2.05) is 32.3 Å². The third kappa shape index (κ3) is 2.23. The van der Waals surface area contributed by atoms with E-state index >= 15 is 0 Å². The molecular formula is C12H16ClN3O. The number of para-hydroxylation sites is 1. The van der Waals surface area contributed by atoms with Gasteiger partial charge in [0.15, 0.2) is 0 Å². The number of carbonyl (C=O) groups excluding carboxylic acids is 1. The molecule has 0 radical (unpaired) electrons. The van der Waals surface area contributed by atoms with Gasteiger partial charge in [-0.1, -0.05) is 23.7 Å². The van der Waals surface area contributed by atoms with Crippen molar-refractivity contribution in [1.82, 2.24) is 10.2 Å². The molecule has 1 unspecified atom stereocenters. The Hall–Kier alpha value is -1.26. The number of nitrogens with one attached hydrogen (secondary N) is 1. The van der Waals surface area contributed by atoms with Gasteiger partial charge in [-0.2, -0.15) is 0 Å². The minimum Gasteiger partial charge on any atom is -0.321 e. The summed E-state index contributed by atoms with van der Waals surface area (Å²) >= 11 is 6.11. The van der Waals surface area contributed by atoms with E-state index in [9.17, 15) is 4.79 Å². The molecule has 0 saturated carbocycles. The molecule has 1 aromatic rings. The average Bonchev–Trinajstić information content (AvgIpc) is 2.59. The number of halogens is 1. The van der Waals surface area contributed by atoms with E-state index in [0.29, 0.717) is 11.6 Å². The number of rotatable bonds is 3. The molecule has 1 aromatic carbocycles.